The van der Waals surface area contributed by atoms with E-state index in [9.17, 15) is 4.79 Å². The summed E-state index contributed by atoms with van der Waals surface area (Å²) in [6.45, 7) is 5.06. The molecular weight excluding hydrogens is 386 g/mol. The number of nitrogens with zero attached hydrogens (tertiary/aromatic N) is 1. The number of hydrogen-bond donors (Lipinski definition) is 1. The van der Waals surface area contributed by atoms with E-state index in [1.165, 1.54) is 12.7 Å². The Labute approximate surface area is 177 Å². The summed E-state index contributed by atoms with van der Waals surface area (Å²) in [7, 11) is 1.38. The van der Waals surface area contributed by atoms with Crippen LogP contribution in [0.1, 0.15) is 42.7 Å². The van der Waals surface area contributed by atoms with Crippen molar-refractivity contribution in [3.8, 4) is 11.5 Å². The van der Waals surface area contributed by atoms with Gasteiger partial charge in [0.1, 0.15) is 11.5 Å². The Balaban J connectivity index is 1.46. The zero-order chi connectivity index (χ0) is 21.5. The number of hydrogen-bond acceptors (Lipinski definition) is 6. The standard InChI is InChI=1S/C23H31NO6/c1-15-7-9-18(10-8-15)22-24-20(16(2)30-22)13-28-12-17-5-4-6-19(11-17)29-14-21(27-3)23(25)26/h7-10,17,19,21H,4-6,11-14H2,1-3H3,(H,25,26). The van der Waals surface area contributed by atoms with Crippen LogP contribution >= 0.6 is 0 Å². The first-order chi connectivity index (χ1) is 14.5. The average molecular weight is 418 g/mol. The molecule has 0 saturated heterocycles. The highest BCUT2D eigenvalue weighted by Crippen LogP contribution is 2.28. The fourth-order valence-corrected chi connectivity index (χ4v) is 3.71. The van der Waals surface area contributed by atoms with Gasteiger partial charge in [-0.25, -0.2) is 9.78 Å². The molecule has 0 amide bonds. The Morgan fingerprint density at radius 2 is 2.03 bits per heavy atom. The van der Waals surface area contributed by atoms with Crippen molar-refractivity contribution in [1.29, 1.82) is 0 Å². The van der Waals surface area contributed by atoms with Crippen LogP contribution in [0.3, 0.4) is 0 Å². The van der Waals surface area contributed by atoms with Gasteiger partial charge in [0.25, 0.3) is 0 Å². The van der Waals surface area contributed by atoms with Gasteiger partial charge in [0.15, 0.2) is 6.10 Å². The molecule has 1 aliphatic carbocycles. The first-order valence-electron chi connectivity index (χ1n) is 10.4. The number of aliphatic carboxylic acids is 1. The molecule has 7 heteroatoms. The Kier molecular flexibility index (Phi) is 8.01. The second-order valence-electron chi connectivity index (χ2n) is 7.95. The molecule has 1 aromatic heterocycles. The summed E-state index contributed by atoms with van der Waals surface area (Å²) in [5.74, 6) is 0.776. The molecule has 30 heavy (non-hydrogen) atoms. The molecule has 2 aromatic rings. The third-order valence-corrected chi connectivity index (χ3v) is 5.56. The average Bonchev–Trinajstić information content (AvgIpc) is 3.10. The van der Waals surface area contributed by atoms with Gasteiger partial charge < -0.3 is 23.7 Å². The van der Waals surface area contributed by atoms with Gasteiger partial charge in [-0.1, -0.05) is 24.1 Å². The third kappa shape index (κ3) is 6.14. The van der Waals surface area contributed by atoms with Crippen LogP contribution in [-0.2, 0) is 25.6 Å². The van der Waals surface area contributed by atoms with Crippen molar-refractivity contribution in [3.63, 3.8) is 0 Å². The molecule has 3 rings (SSSR count). The predicted octanol–water partition coefficient (Wildman–Crippen LogP) is 4.15. The minimum Gasteiger partial charge on any atom is -0.479 e. The van der Waals surface area contributed by atoms with Crippen LogP contribution in [-0.4, -0.2) is 48.6 Å². The minimum atomic E-state index is -0.999. The van der Waals surface area contributed by atoms with Crippen molar-refractivity contribution in [2.75, 3.05) is 20.3 Å². The molecule has 1 N–H and O–H groups in total. The normalized spacial score (nSPS) is 20.2. The lowest BCUT2D eigenvalue weighted by Gasteiger charge is -2.29. The Morgan fingerprint density at radius 1 is 1.27 bits per heavy atom. The van der Waals surface area contributed by atoms with Gasteiger partial charge >= 0.3 is 5.97 Å². The van der Waals surface area contributed by atoms with Gasteiger partial charge in [-0.2, -0.15) is 0 Å². The summed E-state index contributed by atoms with van der Waals surface area (Å²) in [4.78, 5) is 15.6. The molecule has 1 fully saturated rings. The summed E-state index contributed by atoms with van der Waals surface area (Å²) in [5.41, 5.74) is 2.97. The van der Waals surface area contributed by atoms with Crippen molar-refractivity contribution in [2.45, 2.75) is 58.3 Å². The van der Waals surface area contributed by atoms with Gasteiger partial charge in [0, 0.05) is 12.7 Å². The van der Waals surface area contributed by atoms with Gasteiger partial charge in [-0.3, -0.25) is 0 Å². The fraction of sp³-hybridized carbons (Fsp3) is 0.565. The van der Waals surface area contributed by atoms with E-state index in [4.69, 9.17) is 23.7 Å². The first kappa shape index (κ1) is 22.5. The molecule has 3 atom stereocenters. The highest BCUT2D eigenvalue weighted by atomic mass is 16.5. The molecule has 0 bridgehead atoms. The topological polar surface area (TPSA) is 91.0 Å². The lowest BCUT2D eigenvalue weighted by Crippen LogP contribution is -2.33. The third-order valence-electron chi connectivity index (χ3n) is 5.56. The van der Waals surface area contributed by atoms with E-state index >= 15 is 0 Å². The summed E-state index contributed by atoms with van der Waals surface area (Å²) in [6.07, 6.45) is 3.06. The molecule has 0 radical (unpaired) electrons. The van der Waals surface area contributed by atoms with Gasteiger partial charge in [0.2, 0.25) is 5.89 Å². The Bertz CT molecular complexity index is 816. The smallest absolute Gasteiger partial charge is 0.335 e. The molecule has 0 aliphatic heterocycles. The number of carboxylic acids is 1. The lowest BCUT2D eigenvalue weighted by atomic mass is 9.88. The number of aromatic nitrogens is 1. The summed E-state index contributed by atoms with van der Waals surface area (Å²) in [5, 5.41) is 9.05. The fourth-order valence-electron chi connectivity index (χ4n) is 3.71. The van der Waals surface area contributed by atoms with Crippen LogP contribution in [0.4, 0.5) is 0 Å². The number of carboxylic acid groups (broad SMARTS) is 1. The summed E-state index contributed by atoms with van der Waals surface area (Å²) >= 11 is 0. The van der Waals surface area contributed by atoms with E-state index in [1.54, 1.807) is 0 Å². The quantitative estimate of drug-likeness (QED) is 0.621. The summed E-state index contributed by atoms with van der Waals surface area (Å²) < 4.78 is 22.5. The van der Waals surface area contributed by atoms with Crippen LogP contribution in [0, 0.1) is 19.8 Å². The lowest BCUT2D eigenvalue weighted by molar-refractivity contribution is -0.154. The number of aryl methyl sites for hydroxylation is 2. The Morgan fingerprint density at radius 3 is 2.73 bits per heavy atom. The van der Waals surface area contributed by atoms with Crippen LogP contribution < -0.4 is 0 Å². The maximum atomic E-state index is 11.0. The molecule has 1 saturated carbocycles. The van der Waals surface area contributed by atoms with E-state index in [-0.39, 0.29) is 12.7 Å². The Hall–Kier alpha value is -2.22. The van der Waals surface area contributed by atoms with Crippen molar-refractivity contribution >= 4 is 5.97 Å². The van der Waals surface area contributed by atoms with Crippen molar-refractivity contribution in [3.05, 3.63) is 41.3 Å². The minimum absolute atomic E-state index is 0.0475. The molecule has 1 aromatic carbocycles. The molecule has 1 aliphatic rings. The largest absolute Gasteiger partial charge is 0.479 e. The van der Waals surface area contributed by atoms with E-state index < -0.39 is 12.1 Å². The van der Waals surface area contributed by atoms with Crippen LogP contribution in [0.25, 0.3) is 11.5 Å². The molecular formula is C23H31NO6. The number of ether oxygens (including phenoxy) is 3. The second kappa shape index (κ2) is 10.7. The maximum Gasteiger partial charge on any atom is 0.335 e. The van der Waals surface area contributed by atoms with Crippen LogP contribution in [0.15, 0.2) is 28.7 Å². The van der Waals surface area contributed by atoms with Crippen LogP contribution in [0.2, 0.25) is 0 Å². The van der Waals surface area contributed by atoms with Crippen LogP contribution in [0.5, 0.6) is 0 Å². The number of benzene rings is 1. The zero-order valence-electron chi connectivity index (χ0n) is 17.9. The van der Waals surface area contributed by atoms with Gasteiger partial charge in [-0.05, 0) is 51.2 Å². The second-order valence-corrected chi connectivity index (χ2v) is 7.95. The molecule has 3 unspecified atom stereocenters. The van der Waals surface area contributed by atoms with Crippen molar-refractivity contribution in [2.24, 2.45) is 5.92 Å². The highest BCUT2D eigenvalue weighted by Gasteiger charge is 2.25. The monoisotopic (exact) mass is 417 g/mol. The van der Waals surface area contributed by atoms with E-state index in [1.807, 2.05) is 38.1 Å². The molecule has 1 heterocycles. The van der Waals surface area contributed by atoms with Gasteiger partial charge in [-0.15, -0.1) is 0 Å². The first-order valence-corrected chi connectivity index (χ1v) is 10.4. The number of methoxy groups -OCH3 is 1. The molecule has 164 valence electrons. The zero-order valence-corrected chi connectivity index (χ0v) is 17.9. The number of rotatable bonds is 10. The number of oxazole rings is 1. The van der Waals surface area contributed by atoms with E-state index in [0.29, 0.717) is 25.0 Å². The van der Waals surface area contributed by atoms with E-state index in [2.05, 4.69) is 4.98 Å². The summed E-state index contributed by atoms with van der Waals surface area (Å²) in [6, 6.07) is 8.09. The van der Waals surface area contributed by atoms with Crippen molar-refractivity contribution in [1.82, 2.24) is 4.98 Å². The predicted molar refractivity (Wildman–Crippen MR) is 111 cm³/mol. The van der Waals surface area contributed by atoms with Crippen molar-refractivity contribution < 1.29 is 28.5 Å². The maximum absolute atomic E-state index is 11.0. The number of carbonyl (C=O) groups is 1. The highest BCUT2D eigenvalue weighted by molar-refractivity contribution is 5.72. The SMILES string of the molecule is COC(COC1CCCC(COCc2nc(-c3ccc(C)cc3)oc2C)C1)C(=O)O. The molecule has 7 nitrogen and oxygen atoms in total. The molecule has 0 spiro atoms. The van der Waals surface area contributed by atoms with E-state index in [0.717, 1.165) is 42.7 Å². The van der Waals surface area contributed by atoms with Gasteiger partial charge in [0.05, 0.1) is 25.9 Å².